The molecule has 3 rings (SSSR count). The molecule has 0 aliphatic rings. The van der Waals surface area contributed by atoms with Crippen molar-refractivity contribution in [1.82, 2.24) is 4.98 Å². The maximum Gasteiger partial charge on any atom is 0.307 e. The molecule has 0 radical (unpaired) electrons. The first-order chi connectivity index (χ1) is 12.9. The molecule has 8 heteroatoms. The third kappa shape index (κ3) is 4.83. The third-order valence-electron chi connectivity index (χ3n) is 3.52. The fraction of sp³-hybridized carbons (Fsp3) is 0.0526. The maximum absolute atomic E-state index is 12.6. The molecular weight excluding hydrogens is 368 g/mol. The summed E-state index contributed by atoms with van der Waals surface area (Å²) < 4.78 is 33.3. The summed E-state index contributed by atoms with van der Waals surface area (Å²) in [6.07, 6.45) is 1.04. The summed E-state index contributed by atoms with van der Waals surface area (Å²) in [6, 6.07) is 18.0. The van der Waals surface area contributed by atoms with E-state index in [9.17, 15) is 13.2 Å². The molecular formula is C19H16N2O5S. The monoisotopic (exact) mass is 384 g/mol. The smallest absolute Gasteiger partial charge is 0.307 e. The number of nitrogens with zero attached hydrogens (tertiary/aromatic N) is 1. The van der Waals surface area contributed by atoms with Crippen molar-refractivity contribution in [3.05, 3.63) is 78.5 Å². The molecule has 2 N–H and O–H groups in total. The van der Waals surface area contributed by atoms with E-state index in [4.69, 9.17) is 9.84 Å². The van der Waals surface area contributed by atoms with Gasteiger partial charge in [0.2, 0.25) is 0 Å². The number of aromatic nitrogens is 1. The van der Waals surface area contributed by atoms with E-state index in [2.05, 4.69) is 9.71 Å². The quantitative estimate of drug-likeness (QED) is 0.647. The van der Waals surface area contributed by atoms with Crippen LogP contribution in [0.5, 0.6) is 11.5 Å². The lowest BCUT2D eigenvalue weighted by Gasteiger charge is -2.13. The predicted octanol–water partition coefficient (Wildman–Crippen LogP) is 3.30. The fourth-order valence-corrected chi connectivity index (χ4v) is 3.35. The fourth-order valence-electron chi connectivity index (χ4n) is 2.31. The van der Waals surface area contributed by atoms with Gasteiger partial charge < -0.3 is 9.84 Å². The van der Waals surface area contributed by atoms with Gasteiger partial charge in [-0.05, 0) is 35.9 Å². The van der Waals surface area contributed by atoms with E-state index >= 15 is 0 Å². The lowest BCUT2D eigenvalue weighted by atomic mass is 10.2. The number of carboxylic acid groups (broad SMARTS) is 1. The molecule has 3 aromatic rings. The first-order valence-electron chi connectivity index (χ1n) is 7.95. The topological polar surface area (TPSA) is 106 Å². The number of benzene rings is 2. The highest BCUT2D eigenvalue weighted by Crippen LogP contribution is 2.30. The van der Waals surface area contributed by atoms with Gasteiger partial charge in [-0.1, -0.05) is 36.4 Å². The predicted molar refractivity (Wildman–Crippen MR) is 99.3 cm³/mol. The Kier molecular flexibility index (Phi) is 5.37. The van der Waals surface area contributed by atoms with Crippen molar-refractivity contribution in [3.63, 3.8) is 0 Å². The van der Waals surface area contributed by atoms with Crippen molar-refractivity contribution in [3.8, 4) is 11.5 Å². The van der Waals surface area contributed by atoms with Crippen molar-refractivity contribution in [2.75, 3.05) is 4.72 Å². The minimum atomic E-state index is -3.87. The van der Waals surface area contributed by atoms with Crippen LogP contribution in [-0.2, 0) is 21.2 Å². The molecule has 0 atom stereocenters. The summed E-state index contributed by atoms with van der Waals surface area (Å²) >= 11 is 0. The van der Waals surface area contributed by atoms with Gasteiger partial charge in [0.25, 0.3) is 10.0 Å². The second-order valence-corrected chi connectivity index (χ2v) is 7.28. The minimum absolute atomic E-state index is 0.0307. The van der Waals surface area contributed by atoms with Crippen LogP contribution in [0.3, 0.4) is 0 Å². The molecule has 0 bridgehead atoms. The summed E-state index contributed by atoms with van der Waals surface area (Å²) in [5.41, 5.74) is 0.385. The van der Waals surface area contributed by atoms with Crippen LogP contribution in [-0.4, -0.2) is 24.5 Å². The van der Waals surface area contributed by atoms with Crippen molar-refractivity contribution >= 4 is 21.8 Å². The Hall–Kier alpha value is -3.39. The van der Waals surface area contributed by atoms with Crippen LogP contribution in [0.4, 0.5) is 5.82 Å². The van der Waals surface area contributed by atoms with Crippen LogP contribution in [0.25, 0.3) is 0 Å². The number of aliphatic carboxylic acids is 1. The summed E-state index contributed by atoms with van der Waals surface area (Å²) in [6.45, 7) is 0. The van der Waals surface area contributed by atoms with Crippen molar-refractivity contribution in [2.45, 2.75) is 11.3 Å². The zero-order valence-electron chi connectivity index (χ0n) is 14.1. The van der Waals surface area contributed by atoms with E-state index < -0.39 is 16.0 Å². The van der Waals surface area contributed by atoms with Gasteiger partial charge in [0.05, 0.1) is 11.3 Å². The molecule has 0 saturated heterocycles. The summed E-state index contributed by atoms with van der Waals surface area (Å²) in [5.74, 6) is -0.483. The van der Waals surface area contributed by atoms with Gasteiger partial charge in [0.15, 0.2) is 11.6 Å². The number of sulfonamides is 1. The average Bonchev–Trinajstić information content (AvgIpc) is 2.65. The molecule has 1 heterocycles. The Morgan fingerprint density at radius 3 is 2.30 bits per heavy atom. The molecule has 0 spiro atoms. The largest absolute Gasteiger partial charge is 0.481 e. The van der Waals surface area contributed by atoms with Gasteiger partial charge in [0.1, 0.15) is 5.75 Å². The Morgan fingerprint density at radius 1 is 1.04 bits per heavy atom. The number of carbonyl (C=O) groups is 1. The van der Waals surface area contributed by atoms with Gasteiger partial charge in [-0.15, -0.1) is 0 Å². The molecule has 0 aliphatic carbocycles. The highest BCUT2D eigenvalue weighted by Gasteiger charge is 2.18. The zero-order valence-corrected chi connectivity index (χ0v) is 14.9. The second kappa shape index (κ2) is 7.88. The van der Waals surface area contributed by atoms with E-state index in [-0.39, 0.29) is 22.9 Å². The summed E-state index contributed by atoms with van der Waals surface area (Å²) in [7, 11) is -3.87. The number of para-hydroxylation sites is 1. The number of anilines is 1. The SMILES string of the molecule is O=C(O)Cc1cnc(NS(=O)(=O)c2ccccc2)c(Oc2ccccc2)c1. The standard InChI is InChI=1S/C19H16N2O5S/c22-18(23)12-14-11-17(26-15-7-3-1-4-8-15)19(20-13-14)21-27(24,25)16-9-5-2-6-10-16/h1-11,13H,12H2,(H,20,21)(H,22,23). The molecule has 0 unspecified atom stereocenters. The van der Waals surface area contributed by atoms with Crippen LogP contribution < -0.4 is 9.46 Å². The third-order valence-corrected chi connectivity index (χ3v) is 4.88. The second-order valence-electron chi connectivity index (χ2n) is 5.59. The van der Waals surface area contributed by atoms with Crippen LogP contribution >= 0.6 is 0 Å². The normalized spacial score (nSPS) is 11.0. The van der Waals surface area contributed by atoms with Crippen molar-refractivity contribution < 1.29 is 23.1 Å². The number of hydrogen-bond acceptors (Lipinski definition) is 5. The Balaban J connectivity index is 1.97. The van der Waals surface area contributed by atoms with E-state index in [1.807, 2.05) is 6.07 Å². The molecule has 0 amide bonds. The summed E-state index contributed by atoms with van der Waals surface area (Å²) in [5, 5.41) is 8.97. The van der Waals surface area contributed by atoms with E-state index in [0.717, 1.165) is 0 Å². The average molecular weight is 384 g/mol. The maximum atomic E-state index is 12.6. The summed E-state index contributed by atoms with van der Waals surface area (Å²) in [4.78, 5) is 15.1. The Labute approximate surface area is 156 Å². The van der Waals surface area contributed by atoms with Gasteiger partial charge in [-0.2, -0.15) is 0 Å². The van der Waals surface area contributed by atoms with Gasteiger partial charge >= 0.3 is 5.97 Å². The van der Waals surface area contributed by atoms with Gasteiger partial charge in [0, 0.05) is 6.20 Å². The minimum Gasteiger partial charge on any atom is -0.481 e. The van der Waals surface area contributed by atoms with Crippen molar-refractivity contribution in [2.24, 2.45) is 0 Å². The van der Waals surface area contributed by atoms with Crippen LogP contribution in [0, 0.1) is 0 Å². The van der Waals surface area contributed by atoms with Gasteiger partial charge in [-0.25, -0.2) is 13.4 Å². The van der Waals surface area contributed by atoms with E-state index in [1.54, 1.807) is 42.5 Å². The molecule has 2 aromatic carbocycles. The first kappa shape index (κ1) is 18.4. The molecule has 138 valence electrons. The molecule has 1 aromatic heterocycles. The Bertz CT molecular complexity index is 1040. The number of carboxylic acids is 1. The zero-order chi connectivity index (χ0) is 19.3. The van der Waals surface area contributed by atoms with Crippen LogP contribution in [0.2, 0.25) is 0 Å². The van der Waals surface area contributed by atoms with E-state index in [0.29, 0.717) is 11.3 Å². The highest BCUT2D eigenvalue weighted by atomic mass is 32.2. The molecule has 0 saturated carbocycles. The Morgan fingerprint density at radius 2 is 1.67 bits per heavy atom. The molecule has 0 fully saturated rings. The molecule has 7 nitrogen and oxygen atoms in total. The molecule has 0 aliphatic heterocycles. The van der Waals surface area contributed by atoms with E-state index in [1.165, 1.54) is 24.4 Å². The van der Waals surface area contributed by atoms with Crippen LogP contribution in [0.15, 0.2) is 77.8 Å². The highest BCUT2D eigenvalue weighted by molar-refractivity contribution is 7.92. The number of hydrogen-bond donors (Lipinski definition) is 2. The van der Waals surface area contributed by atoms with Gasteiger partial charge in [-0.3, -0.25) is 9.52 Å². The van der Waals surface area contributed by atoms with Crippen molar-refractivity contribution in [1.29, 1.82) is 0 Å². The number of ether oxygens (including phenoxy) is 1. The molecule has 27 heavy (non-hydrogen) atoms. The number of pyridine rings is 1. The number of nitrogens with one attached hydrogen (secondary N) is 1. The first-order valence-corrected chi connectivity index (χ1v) is 9.44. The van der Waals surface area contributed by atoms with Crippen LogP contribution in [0.1, 0.15) is 5.56 Å². The number of rotatable bonds is 7. The lowest BCUT2D eigenvalue weighted by Crippen LogP contribution is -2.15. The lowest BCUT2D eigenvalue weighted by molar-refractivity contribution is -0.136.